The summed E-state index contributed by atoms with van der Waals surface area (Å²) in [6.07, 6.45) is 1.94. The first-order valence-electron chi connectivity index (χ1n) is 6.37. The van der Waals surface area contributed by atoms with Gasteiger partial charge < -0.3 is 21.1 Å². The van der Waals surface area contributed by atoms with Gasteiger partial charge in [0.1, 0.15) is 11.5 Å². The van der Waals surface area contributed by atoms with E-state index >= 15 is 0 Å². The molecule has 1 rings (SSSR count). The van der Waals surface area contributed by atoms with Crippen LogP contribution in [0.15, 0.2) is 18.2 Å². The first kappa shape index (κ1) is 15.3. The van der Waals surface area contributed by atoms with Crippen molar-refractivity contribution in [1.82, 2.24) is 0 Å². The van der Waals surface area contributed by atoms with Gasteiger partial charge >= 0.3 is 5.97 Å². The number of aromatic hydroxyl groups is 2. The number of phenolic OH excluding ortho intramolecular Hbond substituents is 2. The molecule has 0 radical (unpaired) electrons. The maximum absolute atomic E-state index is 10.9. The first-order chi connectivity index (χ1) is 8.93. The van der Waals surface area contributed by atoms with Gasteiger partial charge in [0.25, 0.3) is 0 Å². The Hall–Kier alpha value is -1.75. The lowest BCUT2D eigenvalue weighted by Gasteiger charge is -2.16. The number of carboxylic acid groups (broad SMARTS) is 1. The van der Waals surface area contributed by atoms with Gasteiger partial charge in [0.2, 0.25) is 0 Å². The van der Waals surface area contributed by atoms with E-state index in [9.17, 15) is 15.0 Å². The molecular formula is C14H21NO4. The van der Waals surface area contributed by atoms with E-state index in [2.05, 4.69) is 0 Å². The average molecular weight is 267 g/mol. The summed E-state index contributed by atoms with van der Waals surface area (Å²) in [6.45, 7) is 2.12. The minimum Gasteiger partial charge on any atom is -0.508 e. The highest BCUT2D eigenvalue weighted by Crippen LogP contribution is 2.26. The summed E-state index contributed by atoms with van der Waals surface area (Å²) >= 11 is 0. The van der Waals surface area contributed by atoms with Crippen LogP contribution in [0.2, 0.25) is 0 Å². The molecule has 0 spiro atoms. The Kier molecular flexibility index (Phi) is 5.63. The van der Waals surface area contributed by atoms with E-state index in [1.54, 1.807) is 6.07 Å². The van der Waals surface area contributed by atoms with E-state index in [-0.39, 0.29) is 24.0 Å². The van der Waals surface area contributed by atoms with Crippen LogP contribution in [0, 0.1) is 11.8 Å². The molecule has 2 unspecified atom stereocenters. The van der Waals surface area contributed by atoms with Crippen molar-refractivity contribution >= 4 is 5.97 Å². The van der Waals surface area contributed by atoms with Crippen molar-refractivity contribution in [3.63, 3.8) is 0 Å². The Morgan fingerprint density at radius 2 is 2.05 bits per heavy atom. The van der Waals surface area contributed by atoms with Crippen LogP contribution in [0.1, 0.15) is 25.3 Å². The lowest BCUT2D eigenvalue weighted by molar-refractivity contribution is -0.141. The highest BCUT2D eigenvalue weighted by atomic mass is 16.4. The molecule has 5 nitrogen and oxygen atoms in total. The van der Waals surface area contributed by atoms with Crippen LogP contribution < -0.4 is 5.73 Å². The zero-order valence-corrected chi connectivity index (χ0v) is 11.0. The molecule has 5 heteroatoms. The summed E-state index contributed by atoms with van der Waals surface area (Å²) in [6, 6.07) is 4.51. The third-order valence-electron chi connectivity index (χ3n) is 3.30. The Bertz CT molecular complexity index is 433. The minimum absolute atomic E-state index is 0.0309. The summed E-state index contributed by atoms with van der Waals surface area (Å²) in [5, 5.41) is 27.8. The van der Waals surface area contributed by atoms with Gasteiger partial charge in [-0.2, -0.15) is 0 Å². The summed E-state index contributed by atoms with van der Waals surface area (Å²) in [4.78, 5) is 10.9. The summed E-state index contributed by atoms with van der Waals surface area (Å²) in [5.41, 5.74) is 6.18. The van der Waals surface area contributed by atoms with E-state index in [0.717, 1.165) is 12.0 Å². The largest absolute Gasteiger partial charge is 0.508 e. The van der Waals surface area contributed by atoms with Crippen molar-refractivity contribution in [3.8, 4) is 11.5 Å². The second-order valence-corrected chi connectivity index (χ2v) is 4.96. The predicted octanol–water partition coefficient (Wildman–Crippen LogP) is 1.72. The fourth-order valence-corrected chi connectivity index (χ4v) is 2.07. The maximum Gasteiger partial charge on any atom is 0.307 e. The molecule has 2 atom stereocenters. The molecule has 0 bridgehead atoms. The third-order valence-corrected chi connectivity index (χ3v) is 3.30. The van der Waals surface area contributed by atoms with Gasteiger partial charge in [-0.25, -0.2) is 0 Å². The monoisotopic (exact) mass is 267 g/mol. The topological polar surface area (TPSA) is 104 Å². The fourth-order valence-electron chi connectivity index (χ4n) is 2.07. The predicted molar refractivity (Wildman–Crippen MR) is 72.1 cm³/mol. The van der Waals surface area contributed by atoms with E-state index < -0.39 is 11.9 Å². The maximum atomic E-state index is 10.9. The number of phenols is 2. The lowest BCUT2D eigenvalue weighted by atomic mass is 9.91. The zero-order chi connectivity index (χ0) is 14.4. The van der Waals surface area contributed by atoms with Crippen molar-refractivity contribution in [2.75, 3.05) is 6.54 Å². The summed E-state index contributed by atoms with van der Waals surface area (Å²) in [7, 11) is 0. The highest BCUT2D eigenvalue weighted by Gasteiger charge is 2.18. The minimum atomic E-state index is -0.859. The zero-order valence-electron chi connectivity index (χ0n) is 11.0. The van der Waals surface area contributed by atoms with Gasteiger partial charge in [0.15, 0.2) is 0 Å². The summed E-state index contributed by atoms with van der Waals surface area (Å²) in [5.74, 6) is -1.06. The molecular weight excluding hydrogens is 246 g/mol. The molecule has 0 fully saturated rings. The molecule has 19 heavy (non-hydrogen) atoms. The molecule has 5 N–H and O–H groups in total. The van der Waals surface area contributed by atoms with Crippen LogP contribution in [-0.2, 0) is 11.2 Å². The van der Waals surface area contributed by atoms with Crippen molar-refractivity contribution in [1.29, 1.82) is 0 Å². The van der Waals surface area contributed by atoms with Gasteiger partial charge in [-0.15, -0.1) is 0 Å². The van der Waals surface area contributed by atoms with Gasteiger partial charge in [0, 0.05) is 12.6 Å². The van der Waals surface area contributed by atoms with Crippen molar-refractivity contribution in [3.05, 3.63) is 23.8 Å². The van der Waals surface area contributed by atoms with Gasteiger partial charge in [-0.1, -0.05) is 13.0 Å². The molecule has 0 aliphatic carbocycles. The lowest BCUT2D eigenvalue weighted by Crippen LogP contribution is -2.25. The van der Waals surface area contributed by atoms with Crippen molar-refractivity contribution < 1.29 is 20.1 Å². The van der Waals surface area contributed by atoms with Crippen LogP contribution >= 0.6 is 0 Å². The summed E-state index contributed by atoms with van der Waals surface area (Å²) < 4.78 is 0. The number of aryl methyl sites for hydroxylation is 1. The average Bonchev–Trinajstić information content (AvgIpc) is 2.34. The van der Waals surface area contributed by atoms with Crippen LogP contribution in [0.4, 0.5) is 0 Å². The molecule has 0 aliphatic heterocycles. The fraction of sp³-hybridized carbons (Fsp3) is 0.500. The van der Waals surface area contributed by atoms with Crippen LogP contribution in [0.25, 0.3) is 0 Å². The number of hydrogen-bond donors (Lipinski definition) is 4. The Balaban J connectivity index is 2.49. The van der Waals surface area contributed by atoms with Gasteiger partial charge in [0.05, 0.1) is 5.92 Å². The van der Waals surface area contributed by atoms with E-state index in [0.29, 0.717) is 12.8 Å². The molecule has 1 aromatic carbocycles. The molecule has 0 amide bonds. The standard InChI is InChI=1S/C14H21NO4/c1-9(6-11(8-15)14(18)19)2-3-10-4-5-12(16)7-13(10)17/h4-5,7,9,11,16-17H,2-3,6,8,15H2,1H3,(H,18,19). The second kappa shape index (κ2) is 6.99. The van der Waals surface area contributed by atoms with E-state index in [4.69, 9.17) is 10.8 Å². The van der Waals surface area contributed by atoms with Gasteiger partial charge in [-0.3, -0.25) is 4.79 Å². The Morgan fingerprint density at radius 3 is 2.58 bits per heavy atom. The number of benzene rings is 1. The second-order valence-electron chi connectivity index (χ2n) is 4.96. The Morgan fingerprint density at radius 1 is 1.37 bits per heavy atom. The number of nitrogens with two attached hydrogens (primary N) is 1. The molecule has 0 saturated carbocycles. The van der Waals surface area contributed by atoms with Crippen molar-refractivity contribution in [2.24, 2.45) is 17.6 Å². The van der Waals surface area contributed by atoms with E-state index in [1.807, 2.05) is 6.92 Å². The Labute approximate surface area is 112 Å². The van der Waals surface area contributed by atoms with Crippen LogP contribution in [0.3, 0.4) is 0 Å². The molecule has 0 saturated heterocycles. The highest BCUT2D eigenvalue weighted by molar-refractivity contribution is 5.70. The number of rotatable bonds is 7. The van der Waals surface area contributed by atoms with Crippen LogP contribution in [0.5, 0.6) is 11.5 Å². The number of hydrogen-bond acceptors (Lipinski definition) is 4. The molecule has 0 aromatic heterocycles. The number of carboxylic acids is 1. The molecule has 106 valence electrons. The van der Waals surface area contributed by atoms with Gasteiger partial charge in [-0.05, 0) is 36.8 Å². The third kappa shape index (κ3) is 4.79. The number of carbonyl (C=O) groups is 1. The van der Waals surface area contributed by atoms with Crippen molar-refractivity contribution in [2.45, 2.75) is 26.2 Å². The SMILES string of the molecule is CC(CCc1ccc(O)cc1O)CC(CN)C(=O)O. The normalized spacial score (nSPS) is 14.0. The molecule has 0 aliphatic rings. The quantitative estimate of drug-likeness (QED) is 0.602. The molecule has 0 heterocycles. The number of aliphatic carboxylic acids is 1. The van der Waals surface area contributed by atoms with Crippen LogP contribution in [-0.4, -0.2) is 27.8 Å². The van der Waals surface area contributed by atoms with E-state index in [1.165, 1.54) is 12.1 Å². The first-order valence-corrected chi connectivity index (χ1v) is 6.37. The molecule has 1 aromatic rings. The smallest absolute Gasteiger partial charge is 0.307 e.